The fourth-order valence-electron chi connectivity index (χ4n) is 4.25. The third-order valence-corrected chi connectivity index (χ3v) is 5.56. The maximum atomic E-state index is 10.6. The van der Waals surface area contributed by atoms with Crippen molar-refractivity contribution in [1.82, 2.24) is 0 Å². The van der Waals surface area contributed by atoms with Crippen molar-refractivity contribution in [3.63, 3.8) is 0 Å². The average molecular weight is 284 g/mol. The number of hydrogen-bond acceptors (Lipinski definition) is 4. The molecule has 3 fully saturated rings. The van der Waals surface area contributed by atoms with Crippen molar-refractivity contribution in [2.45, 2.75) is 69.2 Å². The monoisotopic (exact) mass is 284 g/mol. The number of rotatable bonds is 3. The van der Waals surface area contributed by atoms with Gasteiger partial charge >= 0.3 is 0 Å². The molecule has 3 aliphatic rings. The molecule has 1 spiro atoms. The molecular formula is C16H28O4. The fraction of sp³-hybridized carbons (Fsp3) is 1.00. The maximum absolute atomic E-state index is 10.6. The third kappa shape index (κ3) is 3.03. The molecule has 0 bridgehead atoms. The minimum absolute atomic E-state index is 0.155. The van der Waals surface area contributed by atoms with Crippen LogP contribution in [0.15, 0.2) is 0 Å². The molecule has 4 unspecified atom stereocenters. The Labute approximate surface area is 121 Å². The lowest BCUT2D eigenvalue weighted by molar-refractivity contribution is -0.138. The van der Waals surface area contributed by atoms with Crippen molar-refractivity contribution in [1.29, 1.82) is 0 Å². The Balaban J connectivity index is 1.59. The Hall–Kier alpha value is -0.160. The molecule has 2 saturated heterocycles. The smallest absolute Gasteiger partial charge is 0.0940 e. The SMILES string of the molecule is OC(C1CCCCC1)C(O)C1CCOC2(CCOC2)C1. The van der Waals surface area contributed by atoms with Crippen LogP contribution in [0.5, 0.6) is 0 Å². The number of ether oxygens (including phenoxy) is 2. The lowest BCUT2D eigenvalue weighted by Gasteiger charge is -2.41. The summed E-state index contributed by atoms with van der Waals surface area (Å²) in [6.07, 6.45) is 7.25. The molecular weight excluding hydrogens is 256 g/mol. The summed E-state index contributed by atoms with van der Waals surface area (Å²) >= 11 is 0. The van der Waals surface area contributed by atoms with Crippen LogP contribution in [0, 0.1) is 11.8 Å². The van der Waals surface area contributed by atoms with Crippen LogP contribution in [0.25, 0.3) is 0 Å². The van der Waals surface area contributed by atoms with Gasteiger partial charge in [0.25, 0.3) is 0 Å². The van der Waals surface area contributed by atoms with E-state index in [0.29, 0.717) is 13.2 Å². The zero-order valence-electron chi connectivity index (χ0n) is 12.3. The molecule has 1 saturated carbocycles. The standard InChI is InChI=1S/C16H28O4/c17-14(12-4-2-1-3-5-12)15(18)13-6-8-20-16(10-13)7-9-19-11-16/h12-15,17-18H,1-11H2. The molecule has 116 valence electrons. The molecule has 0 aromatic rings. The predicted molar refractivity (Wildman–Crippen MR) is 75.4 cm³/mol. The Morgan fingerprint density at radius 2 is 1.65 bits per heavy atom. The van der Waals surface area contributed by atoms with Crippen molar-refractivity contribution in [2.75, 3.05) is 19.8 Å². The quantitative estimate of drug-likeness (QED) is 0.831. The van der Waals surface area contributed by atoms with Crippen LogP contribution in [-0.4, -0.2) is 47.8 Å². The first-order chi connectivity index (χ1) is 9.70. The summed E-state index contributed by atoms with van der Waals surface area (Å²) in [5, 5.41) is 21.1. The Bertz CT molecular complexity index is 308. The second-order valence-corrected chi connectivity index (χ2v) is 6.97. The van der Waals surface area contributed by atoms with Crippen molar-refractivity contribution in [3.05, 3.63) is 0 Å². The number of aliphatic hydroxyl groups is 2. The van der Waals surface area contributed by atoms with Gasteiger partial charge in [0.2, 0.25) is 0 Å². The second-order valence-electron chi connectivity index (χ2n) is 6.97. The van der Waals surface area contributed by atoms with Gasteiger partial charge in [0, 0.05) is 19.6 Å². The van der Waals surface area contributed by atoms with Gasteiger partial charge in [0.1, 0.15) is 0 Å². The molecule has 2 N–H and O–H groups in total. The lowest BCUT2D eigenvalue weighted by atomic mass is 9.76. The van der Waals surface area contributed by atoms with Crippen LogP contribution in [0.1, 0.15) is 51.4 Å². The summed E-state index contributed by atoms with van der Waals surface area (Å²) in [5.74, 6) is 0.444. The topological polar surface area (TPSA) is 58.9 Å². The van der Waals surface area contributed by atoms with Crippen molar-refractivity contribution in [2.24, 2.45) is 11.8 Å². The van der Waals surface area contributed by atoms with E-state index >= 15 is 0 Å². The molecule has 4 atom stereocenters. The highest BCUT2D eigenvalue weighted by Crippen LogP contribution is 2.39. The van der Waals surface area contributed by atoms with Crippen LogP contribution in [0.2, 0.25) is 0 Å². The summed E-state index contributed by atoms with van der Waals surface area (Å²) in [5.41, 5.74) is -0.184. The van der Waals surface area contributed by atoms with Crippen LogP contribution < -0.4 is 0 Å². The van der Waals surface area contributed by atoms with E-state index in [9.17, 15) is 10.2 Å². The lowest BCUT2D eigenvalue weighted by Crippen LogP contribution is -2.48. The van der Waals surface area contributed by atoms with E-state index in [2.05, 4.69) is 0 Å². The largest absolute Gasteiger partial charge is 0.390 e. The molecule has 3 rings (SSSR count). The third-order valence-electron chi connectivity index (χ3n) is 5.56. The fourth-order valence-corrected chi connectivity index (χ4v) is 4.25. The normalized spacial score (nSPS) is 39.0. The summed E-state index contributed by atoms with van der Waals surface area (Å²) in [7, 11) is 0. The molecule has 0 amide bonds. The average Bonchev–Trinajstić information content (AvgIpc) is 2.94. The van der Waals surface area contributed by atoms with Crippen LogP contribution in [0.4, 0.5) is 0 Å². The van der Waals surface area contributed by atoms with Gasteiger partial charge in [-0.1, -0.05) is 19.3 Å². The minimum Gasteiger partial charge on any atom is -0.390 e. The van der Waals surface area contributed by atoms with Gasteiger partial charge in [0.15, 0.2) is 0 Å². The Morgan fingerprint density at radius 3 is 2.35 bits per heavy atom. The van der Waals surface area contributed by atoms with Gasteiger partial charge in [-0.3, -0.25) is 0 Å². The summed E-state index contributed by atoms with van der Waals surface area (Å²) in [6.45, 7) is 2.09. The van der Waals surface area contributed by atoms with Crippen LogP contribution >= 0.6 is 0 Å². The highest BCUT2D eigenvalue weighted by molar-refractivity contribution is 4.94. The highest BCUT2D eigenvalue weighted by atomic mass is 16.6. The van der Waals surface area contributed by atoms with Gasteiger partial charge in [-0.25, -0.2) is 0 Å². The molecule has 1 aliphatic carbocycles. The maximum Gasteiger partial charge on any atom is 0.0940 e. The van der Waals surface area contributed by atoms with E-state index in [4.69, 9.17) is 9.47 Å². The van der Waals surface area contributed by atoms with Gasteiger partial charge in [-0.2, -0.15) is 0 Å². The molecule has 4 heteroatoms. The zero-order chi connectivity index (χ0) is 14.0. The van der Waals surface area contributed by atoms with Gasteiger partial charge < -0.3 is 19.7 Å². The van der Waals surface area contributed by atoms with E-state index in [1.54, 1.807) is 0 Å². The second kappa shape index (κ2) is 6.30. The minimum atomic E-state index is -0.598. The van der Waals surface area contributed by atoms with Crippen molar-refractivity contribution >= 4 is 0 Å². The van der Waals surface area contributed by atoms with E-state index < -0.39 is 12.2 Å². The molecule has 0 aromatic carbocycles. The predicted octanol–water partition coefficient (Wildman–Crippen LogP) is 1.87. The molecule has 20 heavy (non-hydrogen) atoms. The first-order valence-electron chi connectivity index (χ1n) is 8.28. The molecule has 4 nitrogen and oxygen atoms in total. The van der Waals surface area contributed by atoms with E-state index in [-0.39, 0.29) is 17.4 Å². The first kappa shape index (κ1) is 14.8. The summed E-state index contributed by atoms with van der Waals surface area (Å²) < 4.78 is 11.4. The molecule has 0 radical (unpaired) electrons. The molecule has 2 heterocycles. The first-order valence-corrected chi connectivity index (χ1v) is 8.28. The Kier molecular flexibility index (Phi) is 4.65. The number of aliphatic hydroxyl groups excluding tert-OH is 2. The van der Waals surface area contributed by atoms with Crippen LogP contribution in [-0.2, 0) is 9.47 Å². The highest BCUT2D eigenvalue weighted by Gasteiger charge is 2.44. The van der Waals surface area contributed by atoms with Crippen LogP contribution in [0.3, 0.4) is 0 Å². The zero-order valence-corrected chi connectivity index (χ0v) is 12.3. The van der Waals surface area contributed by atoms with E-state index in [1.165, 1.54) is 19.3 Å². The summed E-state index contributed by atoms with van der Waals surface area (Å²) in [4.78, 5) is 0. The van der Waals surface area contributed by atoms with Gasteiger partial charge in [-0.15, -0.1) is 0 Å². The van der Waals surface area contributed by atoms with Crippen molar-refractivity contribution < 1.29 is 19.7 Å². The Morgan fingerprint density at radius 1 is 0.900 bits per heavy atom. The van der Waals surface area contributed by atoms with Gasteiger partial charge in [0.05, 0.1) is 24.4 Å². The van der Waals surface area contributed by atoms with E-state index in [0.717, 1.165) is 38.7 Å². The number of hydrogen-bond donors (Lipinski definition) is 2. The molecule has 0 aromatic heterocycles. The summed E-state index contributed by atoms with van der Waals surface area (Å²) in [6, 6.07) is 0. The van der Waals surface area contributed by atoms with Crippen molar-refractivity contribution in [3.8, 4) is 0 Å². The molecule has 2 aliphatic heterocycles. The van der Waals surface area contributed by atoms with E-state index in [1.807, 2.05) is 0 Å². The van der Waals surface area contributed by atoms with Gasteiger partial charge in [-0.05, 0) is 37.5 Å².